The summed E-state index contributed by atoms with van der Waals surface area (Å²) in [5, 5.41) is 9.59. The highest BCUT2D eigenvalue weighted by atomic mass is 16.6. The zero-order chi connectivity index (χ0) is 19.6. The molecule has 7 heteroatoms. The maximum Gasteiger partial charge on any atom is 0.412 e. The molecule has 2 amide bonds. The van der Waals surface area contributed by atoms with Gasteiger partial charge in [-0.1, -0.05) is 19.9 Å². The van der Waals surface area contributed by atoms with E-state index in [0.717, 1.165) is 12.7 Å². The first-order valence-electron chi connectivity index (χ1n) is 8.11. The Morgan fingerprint density at radius 3 is 2.44 bits per heavy atom. The standard InChI is InChI=1S/C15H18N2O4.C2H6.CH4O/c1-15(2,3)21-14(20)16-11-5-4-10-9-17(6-7-18)13(19)12(10)8-11;2*1-2/h4-5,7-8H,6,9H2,1-3H3,(H,16,20);1-2H3;2H,1H3. The van der Waals surface area contributed by atoms with Crippen LogP contribution in [-0.4, -0.2) is 47.5 Å². The van der Waals surface area contributed by atoms with Gasteiger partial charge in [0.1, 0.15) is 11.9 Å². The van der Waals surface area contributed by atoms with Crippen molar-refractivity contribution in [2.45, 2.75) is 46.8 Å². The van der Waals surface area contributed by atoms with Gasteiger partial charge in [-0.3, -0.25) is 10.1 Å². The minimum Gasteiger partial charge on any atom is -0.444 e. The van der Waals surface area contributed by atoms with E-state index >= 15 is 0 Å². The van der Waals surface area contributed by atoms with E-state index < -0.39 is 11.7 Å². The summed E-state index contributed by atoms with van der Waals surface area (Å²) >= 11 is 0. The molecule has 1 heterocycles. The molecule has 1 aromatic rings. The van der Waals surface area contributed by atoms with Crippen molar-refractivity contribution in [1.29, 1.82) is 0 Å². The molecule has 0 saturated heterocycles. The second kappa shape index (κ2) is 10.5. The van der Waals surface area contributed by atoms with Crippen LogP contribution in [0.3, 0.4) is 0 Å². The van der Waals surface area contributed by atoms with Crippen LogP contribution >= 0.6 is 0 Å². The molecule has 140 valence electrons. The average molecular weight is 352 g/mol. The van der Waals surface area contributed by atoms with Gasteiger partial charge in [-0.05, 0) is 38.5 Å². The molecule has 2 N–H and O–H groups in total. The lowest BCUT2D eigenvalue weighted by Gasteiger charge is -2.19. The van der Waals surface area contributed by atoms with Crippen molar-refractivity contribution in [3.63, 3.8) is 0 Å². The van der Waals surface area contributed by atoms with Crippen molar-refractivity contribution < 1.29 is 24.2 Å². The van der Waals surface area contributed by atoms with Crippen molar-refractivity contribution >= 4 is 24.0 Å². The average Bonchev–Trinajstić information content (AvgIpc) is 2.86. The van der Waals surface area contributed by atoms with Crippen LogP contribution in [0.2, 0.25) is 0 Å². The fraction of sp³-hybridized carbons (Fsp3) is 0.500. The van der Waals surface area contributed by atoms with Gasteiger partial charge < -0.3 is 19.5 Å². The first-order chi connectivity index (χ1) is 11.8. The summed E-state index contributed by atoms with van der Waals surface area (Å²) in [5.74, 6) is -0.204. The molecule has 25 heavy (non-hydrogen) atoms. The molecule has 0 fully saturated rings. The highest BCUT2D eigenvalue weighted by Gasteiger charge is 2.27. The van der Waals surface area contributed by atoms with Crippen LogP contribution < -0.4 is 5.32 Å². The molecule has 0 unspecified atom stereocenters. The first-order valence-corrected chi connectivity index (χ1v) is 8.11. The molecule has 0 atom stereocenters. The summed E-state index contributed by atoms with van der Waals surface area (Å²) in [6.45, 7) is 9.81. The highest BCUT2D eigenvalue weighted by molar-refractivity contribution is 6.00. The molecule has 0 saturated carbocycles. The third kappa shape index (κ3) is 6.93. The number of anilines is 1. The van der Waals surface area contributed by atoms with Gasteiger partial charge in [-0.25, -0.2) is 4.79 Å². The molecule has 1 aliphatic rings. The number of ether oxygens (including phenoxy) is 1. The lowest BCUT2D eigenvalue weighted by atomic mass is 10.1. The quantitative estimate of drug-likeness (QED) is 0.816. The van der Waals surface area contributed by atoms with E-state index in [1.807, 2.05) is 13.8 Å². The normalized spacial score (nSPS) is 12.1. The minimum absolute atomic E-state index is 0.0718. The van der Waals surface area contributed by atoms with Crippen molar-refractivity contribution in [1.82, 2.24) is 4.90 Å². The number of nitrogens with zero attached hydrogens (tertiary/aromatic N) is 1. The Labute approximate surface area is 149 Å². The van der Waals surface area contributed by atoms with Crippen LogP contribution in [0.15, 0.2) is 18.2 Å². The van der Waals surface area contributed by atoms with Gasteiger partial charge in [0.25, 0.3) is 5.91 Å². The molecule has 0 aromatic heterocycles. The molecule has 0 radical (unpaired) electrons. The number of hydrogen-bond acceptors (Lipinski definition) is 5. The Kier molecular flexibility index (Phi) is 9.45. The summed E-state index contributed by atoms with van der Waals surface area (Å²) < 4.78 is 5.16. The Balaban J connectivity index is 0.00000134. The number of benzene rings is 1. The van der Waals surface area contributed by atoms with Crippen molar-refractivity contribution in [2.24, 2.45) is 0 Å². The molecule has 0 bridgehead atoms. The van der Waals surface area contributed by atoms with E-state index in [-0.39, 0.29) is 12.5 Å². The van der Waals surface area contributed by atoms with Gasteiger partial charge in [0.2, 0.25) is 0 Å². The number of aliphatic hydroxyl groups excluding tert-OH is 1. The van der Waals surface area contributed by atoms with Gasteiger partial charge in [-0.15, -0.1) is 0 Å². The van der Waals surface area contributed by atoms with Crippen LogP contribution in [-0.2, 0) is 16.1 Å². The molecule has 2 rings (SSSR count). The summed E-state index contributed by atoms with van der Waals surface area (Å²) in [5.41, 5.74) is 1.25. The van der Waals surface area contributed by atoms with E-state index in [1.165, 1.54) is 4.90 Å². The number of nitrogens with one attached hydrogen (secondary N) is 1. The van der Waals surface area contributed by atoms with Gasteiger partial charge in [-0.2, -0.15) is 0 Å². The molecular formula is C18H28N2O5. The summed E-state index contributed by atoms with van der Waals surface area (Å²) in [6.07, 6.45) is 0.126. The summed E-state index contributed by atoms with van der Waals surface area (Å²) in [4.78, 5) is 35.8. The molecule has 0 aliphatic carbocycles. The predicted octanol–water partition coefficient (Wildman–Crippen LogP) is 2.82. The number of fused-ring (bicyclic) bond motifs is 1. The third-order valence-corrected chi connectivity index (χ3v) is 2.93. The van der Waals surface area contributed by atoms with E-state index in [9.17, 15) is 14.4 Å². The van der Waals surface area contributed by atoms with Crippen LogP contribution in [0.4, 0.5) is 10.5 Å². The van der Waals surface area contributed by atoms with E-state index in [2.05, 4.69) is 5.32 Å². The smallest absolute Gasteiger partial charge is 0.412 e. The Morgan fingerprint density at radius 1 is 1.32 bits per heavy atom. The maximum absolute atomic E-state index is 12.1. The van der Waals surface area contributed by atoms with Gasteiger partial charge in [0.15, 0.2) is 0 Å². The lowest BCUT2D eigenvalue weighted by molar-refractivity contribution is -0.108. The Morgan fingerprint density at radius 2 is 1.92 bits per heavy atom. The van der Waals surface area contributed by atoms with E-state index in [1.54, 1.807) is 39.0 Å². The number of carbonyl (C=O) groups is 3. The second-order valence-corrected chi connectivity index (χ2v) is 5.85. The predicted molar refractivity (Wildman–Crippen MR) is 96.6 cm³/mol. The van der Waals surface area contributed by atoms with Gasteiger partial charge >= 0.3 is 6.09 Å². The van der Waals surface area contributed by atoms with Crippen LogP contribution in [0.1, 0.15) is 50.5 Å². The topological polar surface area (TPSA) is 95.9 Å². The first kappa shape index (κ1) is 22.6. The number of aldehydes is 1. The summed E-state index contributed by atoms with van der Waals surface area (Å²) in [6, 6.07) is 5.08. The number of aliphatic hydroxyl groups is 1. The molecular weight excluding hydrogens is 324 g/mol. The summed E-state index contributed by atoms with van der Waals surface area (Å²) in [7, 11) is 1.00. The SMILES string of the molecule is CC.CC(C)(C)OC(=O)Nc1ccc2c(c1)C(=O)N(CC=O)C2.CO. The second-order valence-electron chi connectivity index (χ2n) is 5.85. The molecule has 7 nitrogen and oxygen atoms in total. The molecule has 0 spiro atoms. The fourth-order valence-electron chi connectivity index (χ4n) is 2.10. The Hall–Kier alpha value is -2.41. The third-order valence-electron chi connectivity index (χ3n) is 2.93. The van der Waals surface area contributed by atoms with E-state index in [4.69, 9.17) is 9.84 Å². The van der Waals surface area contributed by atoms with E-state index in [0.29, 0.717) is 24.1 Å². The largest absolute Gasteiger partial charge is 0.444 e. The number of carbonyl (C=O) groups excluding carboxylic acids is 3. The molecule has 1 aromatic carbocycles. The van der Waals surface area contributed by atoms with Crippen molar-refractivity contribution in [2.75, 3.05) is 19.0 Å². The van der Waals surface area contributed by atoms with Crippen molar-refractivity contribution in [3.8, 4) is 0 Å². The van der Waals surface area contributed by atoms with Gasteiger partial charge in [0, 0.05) is 24.9 Å². The number of amides is 2. The zero-order valence-electron chi connectivity index (χ0n) is 15.8. The maximum atomic E-state index is 12.1. The highest BCUT2D eigenvalue weighted by Crippen LogP contribution is 2.25. The van der Waals surface area contributed by atoms with Crippen molar-refractivity contribution in [3.05, 3.63) is 29.3 Å². The van der Waals surface area contributed by atoms with Crippen LogP contribution in [0, 0.1) is 0 Å². The number of rotatable bonds is 3. The number of hydrogen-bond donors (Lipinski definition) is 2. The Bertz CT molecular complexity index is 594. The lowest BCUT2D eigenvalue weighted by Crippen LogP contribution is -2.27. The molecule has 1 aliphatic heterocycles. The van der Waals surface area contributed by atoms with Crippen LogP contribution in [0.25, 0.3) is 0 Å². The zero-order valence-corrected chi connectivity index (χ0v) is 15.8. The van der Waals surface area contributed by atoms with Gasteiger partial charge in [0.05, 0.1) is 6.54 Å². The minimum atomic E-state index is -0.586. The monoisotopic (exact) mass is 352 g/mol. The fourth-order valence-corrected chi connectivity index (χ4v) is 2.10. The van der Waals surface area contributed by atoms with Crippen LogP contribution in [0.5, 0.6) is 0 Å².